The number of nitrogens with zero attached hydrogens (tertiary/aromatic N) is 3. The van der Waals surface area contributed by atoms with Gasteiger partial charge >= 0.3 is 0 Å². The summed E-state index contributed by atoms with van der Waals surface area (Å²) in [6.45, 7) is 8.04. The lowest BCUT2D eigenvalue weighted by atomic mass is 9.89. The molecule has 1 aromatic rings. The fourth-order valence-electron chi connectivity index (χ4n) is 2.22. The van der Waals surface area contributed by atoms with Crippen LogP contribution in [-0.2, 0) is 11.0 Å². The van der Waals surface area contributed by atoms with Gasteiger partial charge in [-0.2, -0.15) is 4.98 Å². The molecule has 0 amide bonds. The first-order chi connectivity index (χ1) is 7.81. The maximum atomic E-state index is 6.40. The highest BCUT2D eigenvalue weighted by atomic mass is 16.5. The summed E-state index contributed by atoms with van der Waals surface area (Å²) in [6.07, 6.45) is 1.99. The Kier molecular flexibility index (Phi) is 2.99. The molecule has 96 valence electrons. The van der Waals surface area contributed by atoms with Crippen molar-refractivity contribution in [2.24, 2.45) is 5.73 Å². The van der Waals surface area contributed by atoms with Gasteiger partial charge < -0.3 is 15.2 Å². The Labute approximate surface area is 102 Å². The summed E-state index contributed by atoms with van der Waals surface area (Å²) in [5.41, 5.74) is 5.82. The maximum Gasteiger partial charge on any atom is 0.232 e. The molecule has 2 N–H and O–H groups in total. The molecule has 0 saturated carbocycles. The van der Waals surface area contributed by atoms with Crippen LogP contribution in [0, 0.1) is 0 Å². The van der Waals surface area contributed by atoms with Crippen molar-refractivity contribution in [1.82, 2.24) is 15.0 Å². The van der Waals surface area contributed by atoms with Crippen LogP contribution in [0.1, 0.15) is 45.3 Å². The van der Waals surface area contributed by atoms with Gasteiger partial charge in [0.25, 0.3) is 0 Å². The van der Waals surface area contributed by atoms with E-state index in [9.17, 15) is 0 Å². The first kappa shape index (κ1) is 12.5. The van der Waals surface area contributed by atoms with Crippen LogP contribution in [0.15, 0.2) is 4.52 Å². The summed E-state index contributed by atoms with van der Waals surface area (Å²) >= 11 is 0. The Bertz CT molecular complexity index is 395. The topological polar surface area (TPSA) is 68.2 Å². The number of piperidine rings is 1. The largest absolute Gasteiger partial charge is 0.339 e. The minimum Gasteiger partial charge on any atom is -0.339 e. The standard InChI is InChI=1S/C12H22N4O/c1-11(2,3)10-14-9(15-17-10)12(13)6-5-7-16(4)8-12/h5-8,13H2,1-4H3. The molecule has 0 spiro atoms. The molecular weight excluding hydrogens is 216 g/mol. The molecule has 5 nitrogen and oxygen atoms in total. The summed E-state index contributed by atoms with van der Waals surface area (Å²) in [6, 6.07) is 0. The molecule has 0 aliphatic carbocycles. The molecule has 1 fully saturated rings. The SMILES string of the molecule is CN1CCCC(N)(c2noc(C(C)(C)C)n2)C1. The molecule has 1 aromatic heterocycles. The lowest BCUT2D eigenvalue weighted by Crippen LogP contribution is -2.51. The second-order valence-electron chi connectivity index (χ2n) is 6.17. The van der Waals surface area contributed by atoms with E-state index in [2.05, 4.69) is 42.9 Å². The first-order valence-corrected chi connectivity index (χ1v) is 6.13. The van der Waals surface area contributed by atoms with Crippen LogP contribution in [0.2, 0.25) is 0 Å². The van der Waals surface area contributed by atoms with Gasteiger partial charge in [-0.15, -0.1) is 0 Å². The number of likely N-dealkylation sites (tertiary alicyclic amines) is 1. The van der Waals surface area contributed by atoms with E-state index in [1.54, 1.807) is 0 Å². The fraction of sp³-hybridized carbons (Fsp3) is 0.833. The zero-order valence-corrected chi connectivity index (χ0v) is 11.2. The fourth-order valence-corrected chi connectivity index (χ4v) is 2.22. The second-order valence-corrected chi connectivity index (χ2v) is 6.17. The van der Waals surface area contributed by atoms with Gasteiger partial charge in [0.1, 0.15) is 0 Å². The molecule has 0 bridgehead atoms. The number of rotatable bonds is 1. The summed E-state index contributed by atoms with van der Waals surface area (Å²) in [5, 5.41) is 4.07. The quantitative estimate of drug-likeness (QED) is 0.797. The van der Waals surface area contributed by atoms with Gasteiger partial charge in [-0.1, -0.05) is 25.9 Å². The van der Waals surface area contributed by atoms with Crippen molar-refractivity contribution < 1.29 is 4.52 Å². The lowest BCUT2D eigenvalue weighted by molar-refractivity contribution is 0.168. The van der Waals surface area contributed by atoms with E-state index >= 15 is 0 Å². The highest BCUT2D eigenvalue weighted by Crippen LogP contribution is 2.28. The predicted octanol–water partition coefficient (Wildman–Crippen LogP) is 1.25. The van der Waals surface area contributed by atoms with Crippen molar-refractivity contribution in [3.8, 4) is 0 Å². The summed E-state index contributed by atoms with van der Waals surface area (Å²) in [5.74, 6) is 1.31. The molecule has 1 saturated heterocycles. The van der Waals surface area contributed by atoms with Crippen LogP contribution in [0.25, 0.3) is 0 Å². The van der Waals surface area contributed by atoms with Gasteiger partial charge in [-0.3, -0.25) is 0 Å². The third kappa shape index (κ3) is 2.50. The minimum absolute atomic E-state index is 0.123. The van der Waals surface area contributed by atoms with E-state index in [1.807, 2.05) is 0 Å². The molecule has 0 aromatic carbocycles. The zero-order chi connectivity index (χ0) is 12.7. The highest BCUT2D eigenvalue weighted by molar-refractivity contribution is 5.09. The van der Waals surface area contributed by atoms with E-state index in [-0.39, 0.29) is 5.41 Å². The summed E-state index contributed by atoms with van der Waals surface area (Å²) in [7, 11) is 2.07. The molecule has 1 unspecified atom stereocenters. The molecule has 5 heteroatoms. The molecule has 1 atom stereocenters. The van der Waals surface area contributed by atoms with Gasteiger partial charge in [0, 0.05) is 12.0 Å². The molecule has 2 rings (SSSR count). The van der Waals surface area contributed by atoms with Crippen LogP contribution < -0.4 is 5.73 Å². The highest BCUT2D eigenvalue weighted by Gasteiger charge is 2.37. The average molecular weight is 238 g/mol. The molecule has 0 radical (unpaired) electrons. The Hall–Kier alpha value is -0.940. The van der Waals surface area contributed by atoms with Crippen molar-refractivity contribution in [2.45, 2.75) is 44.6 Å². The van der Waals surface area contributed by atoms with Crippen molar-refractivity contribution in [3.63, 3.8) is 0 Å². The van der Waals surface area contributed by atoms with Crippen molar-refractivity contribution >= 4 is 0 Å². The van der Waals surface area contributed by atoms with Crippen LogP contribution in [-0.4, -0.2) is 35.2 Å². The average Bonchev–Trinajstić information content (AvgIpc) is 2.65. The van der Waals surface area contributed by atoms with Crippen LogP contribution >= 0.6 is 0 Å². The predicted molar refractivity (Wildman–Crippen MR) is 65.6 cm³/mol. The number of hydrogen-bond acceptors (Lipinski definition) is 5. The monoisotopic (exact) mass is 238 g/mol. The van der Waals surface area contributed by atoms with Gasteiger partial charge in [0.2, 0.25) is 5.89 Å². The van der Waals surface area contributed by atoms with Crippen molar-refractivity contribution in [2.75, 3.05) is 20.1 Å². The Morgan fingerprint density at radius 3 is 2.65 bits per heavy atom. The molecule has 17 heavy (non-hydrogen) atoms. The number of likely N-dealkylation sites (N-methyl/N-ethyl adjacent to an activating group) is 1. The Balaban J connectivity index is 2.24. The van der Waals surface area contributed by atoms with Gasteiger partial charge in [0.15, 0.2) is 5.82 Å². The van der Waals surface area contributed by atoms with Crippen molar-refractivity contribution in [1.29, 1.82) is 0 Å². The number of nitrogens with two attached hydrogens (primary N) is 1. The van der Waals surface area contributed by atoms with E-state index in [1.165, 1.54) is 0 Å². The summed E-state index contributed by atoms with van der Waals surface area (Å²) in [4.78, 5) is 6.70. The summed E-state index contributed by atoms with van der Waals surface area (Å²) < 4.78 is 5.32. The molecule has 1 aliphatic rings. The van der Waals surface area contributed by atoms with E-state index in [0.717, 1.165) is 25.9 Å². The molecule has 1 aliphatic heterocycles. The van der Waals surface area contributed by atoms with Crippen LogP contribution in [0.5, 0.6) is 0 Å². The Morgan fingerprint density at radius 2 is 2.12 bits per heavy atom. The van der Waals surface area contributed by atoms with E-state index < -0.39 is 5.54 Å². The Morgan fingerprint density at radius 1 is 1.41 bits per heavy atom. The minimum atomic E-state index is -0.458. The van der Waals surface area contributed by atoms with Gasteiger partial charge in [-0.25, -0.2) is 0 Å². The second kappa shape index (κ2) is 4.07. The zero-order valence-electron chi connectivity index (χ0n) is 11.2. The van der Waals surface area contributed by atoms with E-state index in [0.29, 0.717) is 11.7 Å². The number of hydrogen-bond donors (Lipinski definition) is 1. The normalized spacial score (nSPS) is 27.4. The third-order valence-corrected chi connectivity index (χ3v) is 3.23. The third-order valence-electron chi connectivity index (χ3n) is 3.23. The molecule has 2 heterocycles. The van der Waals surface area contributed by atoms with Crippen LogP contribution in [0.4, 0.5) is 0 Å². The van der Waals surface area contributed by atoms with Gasteiger partial charge in [-0.05, 0) is 26.4 Å². The van der Waals surface area contributed by atoms with Crippen LogP contribution in [0.3, 0.4) is 0 Å². The van der Waals surface area contributed by atoms with Gasteiger partial charge in [0.05, 0.1) is 5.54 Å². The smallest absolute Gasteiger partial charge is 0.232 e. The first-order valence-electron chi connectivity index (χ1n) is 6.13. The lowest BCUT2D eigenvalue weighted by Gasteiger charge is -2.36. The van der Waals surface area contributed by atoms with E-state index in [4.69, 9.17) is 10.3 Å². The van der Waals surface area contributed by atoms with Crippen molar-refractivity contribution in [3.05, 3.63) is 11.7 Å². The molecular formula is C12H22N4O. The maximum absolute atomic E-state index is 6.40. The number of aromatic nitrogens is 2.